The van der Waals surface area contributed by atoms with Crippen LogP contribution < -0.4 is 10.6 Å². The fraction of sp³-hybridized carbons (Fsp3) is 0.273. The van der Waals surface area contributed by atoms with E-state index in [9.17, 15) is 19.7 Å². The van der Waals surface area contributed by atoms with Crippen LogP contribution in [0.3, 0.4) is 0 Å². The molecule has 1 saturated carbocycles. The Hall–Kier alpha value is -2.16. The van der Waals surface area contributed by atoms with Gasteiger partial charge in [0.15, 0.2) is 0 Å². The van der Waals surface area contributed by atoms with Crippen LogP contribution in [0.2, 0.25) is 0 Å². The molecule has 0 heterocycles. The number of halogens is 1. The van der Waals surface area contributed by atoms with Crippen LogP contribution in [0.1, 0.15) is 12.8 Å². The number of benzene rings is 1. The number of non-ortho nitro benzene ring substituents is 1. The van der Waals surface area contributed by atoms with Gasteiger partial charge in [-0.2, -0.15) is 0 Å². The van der Waals surface area contributed by atoms with Crippen LogP contribution in [0.4, 0.5) is 16.2 Å². The van der Waals surface area contributed by atoms with Gasteiger partial charge in [-0.15, -0.1) is 0 Å². The average Bonchev–Trinajstić information content (AvgIpc) is 3.12. The number of carbonyl (C=O) groups excluding carboxylic acids is 1. The first-order chi connectivity index (χ1) is 9.34. The van der Waals surface area contributed by atoms with E-state index in [1.807, 2.05) is 0 Å². The molecule has 2 rings (SSSR count). The molecule has 3 N–H and O–H groups in total. The largest absolute Gasteiger partial charge is 0.480 e. The van der Waals surface area contributed by atoms with E-state index in [4.69, 9.17) is 5.11 Å². The van der Waals surface area contributed by atoms with Crippen LogP contribution in [-0.4, -0.2) is 27.6 Å². The number of urea groups is 1. The number of carbonyl (C=O) groups is 2. The molecule has 0 bridgehead atoms. The second-order valence-corrected chi connectivity index (χ2v) is 5.24. The minimum absolute atomic E-state index is 0.118. The third-order valence-electron chi connectivity index (χ3n) is 2.92. The second-order valence-electron chi connectivity index (χ2n) is 4.39. The summed E-state index contributed by atoms with van der Waals surface area (Å²) in [7, 11) is 0. The number of carboxylic acids is 1. The Morgan fingerprint density at radius 3 is 2.50 bits per heavy atom. The van der Waals surface area contributed by atoms with Gasteiger partial charge >= 0.3 is 12.0 Å². The molecule has 2 amide bonds. The average molecular weight is 344 g/mol. The molecule has 0 spiro atoms. The van der Waals surface area contributed by atoms with Gasteiger partial charge < -0.3 is 15.7 Å². The van der Waals surface area contributed by atoms with Crippen LogP contribution in [0, 0.1) is 10.1 Å². The van der Waals surface area contributed by atoms with Crippen LogP contribution >= 0.6 is 15.9 Å². The van der Waals surface area contributed by atoms with Gasteiger partial charge in [-0.1, -0.05) is 0 Å². The maximum atomic E-state index is 11.7. The molecule has 8 nitrogen and oxygen atoms in total. The van der Waals surface area contributed by atoms with E-state index >= 15 is 0 Å². The van der Waals surface area contributed by atoms with Crippen molar-refractivity contribution in [2.24, 2.45) is 0 Å². The van der Waals surface area contributed by atoms with E-state index in [0.29, 0.717) is 23.0 Å². The standard InChI is InChI=1S/C11H10BrN3O5/c12-7-5-6(15(19)20)1-2-8(7)13-10(18)14-11(3-4-11)9(16)17/h1-2,5H,3-4H2,(H,16,17)(H2,13,14,18). The first-order valence-electron chi connectivity index (χ1n) is 5.60. The van der Waals surface area contributed by atoms with Crippen molar-refractivity contribution in [1.29, 1.82) is 0 Å². The molecule has 1 fully saturated rings. The highest BCUT2D eigenvalue weighted by atomic mass is 79.9. The molecule has 0 aliphatic heterocycles. The van der Waals surface area contributed by atoms with Crippen molar-refractivity contribution in [2.75, 3.05) is 5.32 Å². The highest BCUT2D eigenvalue weighted by Gasteiger charge is 2.51. The molecule has 0 aromatic heterocycles. The molecule has 106 valence electrons. The number of aliphatic carboxylic acids is 1. The fourth-order valence-corrected chi connectivity index (χ4v) is 2.07. The maximum absolute atomic E-state index is 11.7. The number of hydrogen-bond acceptors (Lipinski definition) is 4. The van der Waals surface area contributed by atoms with E-state index in [1.54, 1.807) is 0 Å². The van der Waals surface area contributed by atoms with E-state index in [2.05, 4.69) is 26.6 Å². The Morgan fingerprint density at radius 1 is 1.40 bits per heavy atom. The Kier molecular flexibility index (Phi) is 3.62. The number of rotatable bonds is 4. The molecule has 1 aliphatic rings. The highest BCUT2D eigenvalue weighted by Crippen LogP contribution is 2.35. The minimum Gasteiger partial charge on any atom is -0.480 e. The van der Waals surface area contributed by atoms with E-state index in [-0.39, 0.29) is 5.69 Å². The number of nitrogens with zero attached hydrogens (tertiary/aromatic N) is 1. The highest BCUT2D eigenvalue weighted by molar-refractivity contribution is 9.10. The molecule has 0 radical (unpaired) electrons. The lowest BCUT2D eigenvalue weighted by atomic mass is 10.2. The van der Waals surface area contributed by atoms with Crippen molar-refractivity contribution >= 4 is 39.3 Å². The van der Waals surface area contributed by atoms with Crippen LogP contribution in [0.5, 0.6) is 0 Å². The summed E-state index contributed by atoms with van der Waals surface area (Å²) in [6.45, 7) is 0. The molecular formula is C11H10BrN3O5. The molecule has 0 saturated heterocycles. The van der Waals surface area contributed by atoms with E-state index in [0.717, 1.165) is 0 Å². The zero-order valence-corrected chi connectivity index (χ0v) is 11.6. The SMILES string of the molecule is O=C(Nc1ccc([N+](=O)[O-])cc1Br)NC1(C(=O)O)CC1. The second kappa shape index (κ2) is 5.08. The zero-order chi connectivity index (χ0) is 14.9. The summed E-state index contributed by atoms with van der Waals surface area (Å²) < 4.78 is 0.335. The van der Waals surface area contributed by atoms with Gasteiger partial charge in [0.25, 0.3) is 5.69 Å². The van der Waals surface area contributed by atoms with Gasteiger partial charge in [-0.3, -0.25) is 10.1 Å². The smallest absolute Gasteiger partial charge is 0.329 e. The van der Waals surface area contributed by atoms with Gasteiger partial charge in [0, 0.05) is 16.6 Å². The Morgan fingerprint density at radius 2 is 2.05 bits per heavy atom. The summed E-state index contributed by atoms with van der Waals surface area (Å²) in [6, 6.07) is 3.19. The maximum Gasteiger partial charge on any atom is 0.329 e. The van der Waals surface area contributed by atoms with Crippen molar-refractivity contribution in [3.8, 4) is 0 Å². The summed E-state index contributed by atoms with van der Waals surface area (Å²) in [6.07, 6.45) is 0.772. The number of carboxylic acid groups (broad SMARTS) is 1. The van der Waals surface area contributed by atoms with Crippen LogP contribution in [-0.2, 0) is 4.79 Å². The molecule has 0 unspecified atom stereocenters. The molecule has 9 heteroatoms. The molecule has 1 aromatic rings. The van der Waals surface area contributed by atoms with Crippen molar-refractivity contribution in [1.82, 2.24) is 5.32 Å². The normalized spacial score (nSPS) is 15.2. The van der Waals surface area contributed by atoms with E-state index in [1.165, 1.54) is 18.2 Å². The molecular weight excluding hydrogens is 334 g/mol. The number of anilines is 1. The first kappa shape index (κ1) is 14.3. The summed E-state index contributed by atoms with van der Waals surface area (Å²) in [5.74, 6) is -1.07. The summed E-state index contributed by atoms with van der Waals surface area (Å²) in [5, 5.41) is 24.3. The van der Waals surface area contributed by atoms with Crippen LogP contribution in [0.15, 0.2) is 22.7 Å². The summed E-state index contributed by atoms with van der Waals surface area (Å²) in [4.78, 5) is 32.7. The van der Waals surface area contributed by atoms with Gasteiger partial charge in [-0.05, 0) is 34.8 Å². The third kappa shape index (κ3) is 2.87. The Balaban J connectivity index is 2.05. The van der Waals surface area contributed by atoms with Gasteiger partial charge in [0.05, 0.1) is 10.6 Å². The molecule has 1 aromatic carbocycles. The minimum atomic E-state index is -1.18. The molecule has 0 atom stereocenters. The quantitative estimate of drug-likeness (QED) is 0.570. The predicted octanol–water partition coefficient (Wildman–Crippen LogP) is 2.10. The Bertz CT molecular complexity index is 600. The number of hydrogen-bond donors (Lipinski definition) is 3. The summed E-state index contributed by atoms with van der Waals surface area (Å²) in [5.41, 5.74) is -0.988. The summed E-state index contributed by atoms with van der Waals surface area (Å²) >= 11 is 3.10. The molecule has 1 aliphatic carbocycles. The lowest BCUT2D eigenvalue weighted by molar-refractivity contribution is -0.384. The third-order valence-corrected chi connectivity index (χ3v) is 3.58. The fourth-order valence-electron chi connectivity index (χ4n) is 1.61. The zero-order valence-electron chi connectivity index (χ0n) is 10.1. The van der Waals surface area contributed by atoms with Crippen molar-refractivity contribution in [3.05, 3.63) is 32.8 Å². The van der Waals surface area contributed by atoms with Gasteiger partial charge in [0.1, 0.15) is 5.54 Å². The number of nitro benzene ring substituents is 1. The van der Waals surface area contributed by atoms with Crippen LogP contribution in [0.25, 0.3) is 0 Å². The number of nitrogens with one attached hydrogen (secondary N) is 2. The van der Waals surface area contributed by atoms with Gasteiger partial charge in [0.2, 0.25) is 0 Å². The Labute approximate surface area is 121 Å². The first-order valence-corrected chi connectivity index (χ1v) is 6.40. The topological polar surface area (TPSA) is 122 Å². The van der Waals surface area contributed by atoms with Crippen molar-refractivity contribution in [2.45, 2.75) is 18.4 Å². The number of amides is 2. The predicted molar refractivity (Wildman–Crippen MR) is 72.6 cm³/mol. The van der Waals surface area contributed by atoms with Crippen molar-refractivity contribution in [3.63, 3.8) is 0 Å². The number of nitro groups is 1. The van der Waals surface area contributed by atoms with E-state index < -0.39 is 22.5 Å². The van der Waals surface area contributed by atoms with Crippen molar-refractivity contribution < 1.29 is 19.6 Å². The van der Waals surface area contributed by atoms with Gasteiger partial charge in [-0.25, -0.2) is 9.59 Å². The lowest BCUT2D eigenvalue weighted by Crippen LogP contribution is -2.45. The monoisotopic (exact) mass is 343 g/mol. The molecule has 20 heavy (non-hydrogen) atoms. The lowest BCUT2D eigenvalue weighted by Gasteiger charge is -2.14.